The van der Waals surface area contributed by atoms with Gasteiger partial charge in [0.05, 0.1) is 28.6 Å². The van der Waals surface area contributed by atoms with Crippen molar-refractivity contribution in [1.29, 1.82) is 0 Å². The highest BCUT2D eigenvalue weighted by Crippen LogP contribution is 2.18. The largest absolute Gasteiger partial charge is 0.344 e. The summed E-state index contributed by atoms with van der Waals surface area (Å²) in [7, 11) is 0. The molecule has 5 nitrogen and oxygen atoms in total. The number of thiophene rings is 1. The van der Waals surface area contributed by atoms with Crippen LogP contribution in [-0.2, 0) is 0 Å². The standard InChI is InChI=1S/C19H17N3O2S/c1-13(16-7-4-5-10-20-16)21-19(24)15-6-2-3-8-17(15)22-18(23)14-9-11-25-12-14/h2-13H,1H3,(H,21,24)(H,22,23). The van der Waals surface area contributed by atoms with Gasteiger partial charge in [0.1, 0.15) is 0 Å². The molecule has 2 N–H and O–H groups in total. The zero-order valence-corrected chi connectivity index (χ0v) is 14.4. The fourth-order valence-corrected chi connectivity index (χ4v) is 2.99. The maximum atomic E-state index is 12.6. The minimum Gasteiger partial charge on any atom is -0.344 e. The van der Waals surface area contributed by atoms with Crippen molar-refractivity contribution in [3.8, 4) is 0 Å². The van der Waals surface area contributed by atoms with Crippen molar-refractivity contribution in [3.63, 3.8) is 0 Å². The van der Waals surface area contributed by atoms with E-state index in [1.54, 1.807) is 41.9 Å². The van der Waals surface area contributed by atoms with Crippen molar-refractivity contribution in [1.82, 2.24) is 10.3 Å². The first-order valence-corrected chi connectivity index (χ1v) is 8.74. The van der Waals surface area contributed by atoms with Crippen LogP contribution in [-0.4, -0.2) is 16.8 Å². The number of hydrogen-bond acceptors (Lipinski definition) is 4. The van der Waals surface area contributed by atoms with Crippen molar-refractivity contribution in [2.24, 2.45) is 0 Å². The average molecular weight is 351 g/mol. The summed E-state index contributed by atoms with van der Waals surface area (Å²) < 4.78 is 0. The van der Waals surface area contributed by atoms with Gasteiger partial charge < -0.3 is 10.6 Å². The highest BCUT2D eigenvalue weighted by molar-refractivity contribution is 7.08. The number of amides is 2. The van der Waals surface area contributed by atoms with Gasteiger partial charge in [0, 0.05) is 11.6 Å². The van der Waals surface area contributed by atoms with Crippen LogP contribution in [0, 0.1) is 0 Å². The highest BCUT2D eigenvalue weighted by Gasteiger charge is 2.17. The number of nitrogens with one attached hydrogen (secondary N) is 2. The van der Waals surface area contributed by atoms with Gasteiger partial charge in [0.15, 0.2) is 0 Å². The molecule has 0 aliphatic carbocycles. The molecule has 3 rings (SSSR count). The normalized spacial score (nSPS) is 11.6. The Kier molecular flexibility index (Phi) is 5.20. The second-order valence-electron chi connectivity index (χ2n) is 5.46. The second kappa shape index (κ2) is 7.72. The lowest BCUT2D eigenvalue weighted by atomic mass is 10.1. The lowest BCUT2D eigenvalue weighted by Crippen LogP contribution is -2.28. The summed E-state index contributed by atoms with van der Waals surface area (Å²) in [5.41, 5.74) is 2.23. The van der Waals surface area contributed by atoms with E-state index in [0.29, 0.717) is 16.8 Å². The lowest BCUT2D eigenvalue weighted by molar-refractivity contribution is 0.0940. The lowest BCUT2D eigenvalue weighted by Gasteiger charge is -2.15. The van der Waals surface area contributed by atoms with Gasteiger partial charge in [-0.1, -0.05) is 18.2 Å². The van der Waals surface area contributed by atoms with Gasteiger partial charge >= 0.3 is 0 Å². The van der Waals surface area contributed by atoms with Gasteiger partial charge in [-0.05, 0) is 42.6 Å². The molecule has 0 fully saturated rings. The number of carbonyl (C=O) groups is 2. The Hall–Kier alpha value is -2.99. The molecule has 6 heteroatoms. The number of aromatic nitrogens is 1. The zero-order valence-electron chi connectivity index (χ0n) is 13.6. The van der Waals surface area contributed by atoms with Crippen molar-refractivity contribution >= 4 is 28.8 Å². The number of benzene rings is 1. The second-order valence-corrected chi connectivity index (χ2v) is 6.24. The number of carbonyl (C=O) groups excluding carboxylic acids is 2. The Labute approximate surface area is 149 Å². The number of rotatable bonds is 5. The summed E-state index contributed by atoms with van der Waals surface area (Å²) in [6.07, 6.45) is 1.69. The molecular formula is C19H17N3O2S. The first-order valence-electron chi connectivity index (χ1n) is 7.79. The van der Waals surface area contributed by atoms with E-state index in [4.69, 9.17) is 0 Å². The third-order valence-electron chi connectivity index (χ3n) is 3.68. The summed E-state index contributed by atoms with van der Waals surface area (Å²) in [6.45, 7) is 1.87. The number of para-hydroxylation sites is 1. The van der Waals surface area contributed by atoms with Crippen LogP contribution < -0.4 is 10.6 Å². The number of pyridine rings is 1. The van der Waals surface area contributed by atoms with Gasteiger partial charge in [-0.25, -0.2) is 0 Å². The first kappa shape index (κ1) is 16.9. The summed E-state index contributed by atoms with van der Waals surface area (Å²) in [4.78, 5) is 29.1. The predicted molar refractivity (Wildman–Crippen MR) is 98.8 cm³/mol. The summed E-state index contributed by atoms with van der Waals surface area (Å²) >= 11 is 1.45. The van der Waals surface area contributed by atoms with Gasteiger partial charge in [-0.3, -0.25) is 14.6 Å². The molecule has 0 aliphatic rings. The van der Waals surface area contributed by atoms with E-state index in [2.05, 4.69) is 15.6 Å². The van der Waals surface area contributed by atoms with Crippen LogP contribution in [0.2, 0.25) is 0 Å². The average Bonchev–Trinajstić information content (AvgIpc) is 3.17. The summed E-state index contributed by atoms with van der Waals surface area (Å²) in [5.74, 6) is -0.501. The van der Waals surface area contributed by atoms with Crippen LogP contribution in [0.1, 0.15) is 39.4 Å². The van der Waals surface area contributed by atoms with E-state index in [9.17, 15) is 9.59 Å². The Bertz CT molecular complexity index is 863. The molecule has 0 radical (unpaired) electrons. The molecule has 25 heavy (non-hydrogen) atoms. The summed E-state index contributed by atoms with van der Waals surface area (Å²) in [5, 5.41) is 9.31. The van der Waals surface area contributed by atoms with Crippen molar-refractivity contribution in [3.05, 3.63) is 82.3 Å². The monoisotopic (exact) mass is 351 g/mol. The maximum Gasteiger partial charge on any atom is 0.256 e. The molecule has 1 unspecified atom stereocenters. The van der Waals surface area contributed by atoms with Crippen LogP contribution in [0.15, 0.2) is 65.5 Å². The van der Waals surface area contributed by atoms with Crippen LogP contribution in [0.4, 0.5) is 5.69 Å². The fourth-order valence-electron chi connectivity index (χ4n) is 2.36. The molecule has 1 aromatic carbocycles. The SMILES string of the molecule is CC(NC(=O)c1ccccc1NC(=O)c1ccsc1)c1ccccn1. The third-order valence-corrected chi connectivity index (χ3v) is 4.37. The van der Waals surface area contributed by atoms with Crippen LogP contribution in [0.3, 0.4) is 0 Å². The molecule has 0 saturated carbocycles. The molecule has 0 spiro atoms. The molecule has 0 bridgehead atoms. The molecule has 1 atom stereocenters. The minimum atomic E-state index is -0.264. The van der Waals surface area contributed by atoms with E-state index in [0.717, 1.165) is 5.69 Å². The molecule has 2 amide bonds. The van der Waals surface area contributed by atoms with Crippen molar-refractivity contribution in [2.45, 2.75) is 13.0 Å². The Balaban J connectivity index is 1.76. The van der Waals surface area contributed by atoms with Gasteiger partial charge in [0.2, 0.25) is 0 Å². The Morgan fingerprint density at radius 1 is 1.04 bits per heavy atom. The quantitative estimate of drug-likeness (QED) is 0.733. The molecule has 2 aromatic heterocycles. The molecule has 126 valence electrons. The van der Waals surface area contributed by atoms with Gasteiger partial charge in [-0.15, -0.1) is 0 Å². The molecular weight excluding hydrogens is 334 g/mol. The van der Waals surface area contributed by atoms with Crippen molar-refractivity contribution < 1.29 is 9.59 Å². The van der Waals surface area contributed by atoms with E-state index >= 15 is 0 Å². The van der Waals surface area contributed by atoms with Crippen molar-refractivity contribution in [2.75, 3.05) is 5.32 Å². The maximum absolute atomic E-state index is 12.6. The van der Waals surface area contributed by atoms with E-state index in [-0.39, 0.29) is 17.9 Å². The smallest absolute Gasteiger partial charge is 0.256 e. The third kappa shape index (κ3) is 4.10. The minimum absolute atomic E-state index is 0.237. The van der Waals surface area contributed by atoms with Crippen LogP contribution in [0.5, 0.6) is 0 Å². The van der Waals surface area contributed by atoms with Gasteiger partial charge in [0.25, 0.3) is 11.8 Å². The van der Waals surface area contributed by atoms with E-state index in [1.165, 1.54) is 11.3 Å². The number of hydrogen-bond donors (Lipinski definition) is 2. The fraction of sp³-hybridized carbons (Fsp3) is 0.105. The predicted octanol–water partition coefficient (Wildman–Crippen LogP) is 3.89. The van der Waals surface area contributed by atoms with E-state index in [1.807, 2.05) is 30.5 Å². The Morgan fingerprint density at radius 3 is 2.56 bits per heavy atom. The molecule has 0 saturated heterocycles. The van der Waals surface area contributed by atoms with Crippen LogP contribution in [0.25, 0.3) is 0 Å². The van der Waals surface area contributed by atoms with E-state index < -0.39 is 0 Å². The topological polar surface area (TPSA) is 71.1 Å². The molecule has 3 aromatic rings. The number of anilines is 1. The van der Waals surface area contributed by atoms with Gasteiger partial charge in [-0.2, -0.15) is 11.3 Å². The molecule has 2 heterocycles. The summed E-state index contributed by atoms with van der Waals surface area (Å²) in [6, 6.07) is 14.0. The number of nitrogens with zero attached hydrogens (tertiary/aromatic N) is 1. The van der Waals surface area contributed by atoms with Crippen LogP contribution >= 0.6 is 11.3 Å². The molecule has 0 aliphatic heterocycles. The first-order chi connectivity index (χ1) is 12.1. The highest BCUT2D eigenvalue weighted by atomic mass is 32.1. The zero-order chi connectivity index (χ0) is 17.6. The Morgan fingerprint density at radius 2 is 1.84 bits per heavy atom.